The number of nitrogens with zero attached hydrogens (tertiary/aromatic N) is 4. The summed E-state index contributed by atoms with van der Waals surface area (Å²) in [5.41, 5.74) is 11.0. The quantitative estimate of drug-likeness (QED) is 0.659. The maximum atomic E-state index is 5.80. The second kappa shape index (κ2) is 8.41. The predicted molar refractivity (Wildman–Crippen MR) is 120 cm³/mol. The molecule has 30 heavy (non-hydrogen) atoms. The van der Waals surface area contributed by atoms with E-state index in [9.17, 15) is 0 Å². The van der Waals surface area contributed by atoms with Crippen molar-refractivity contribution in [3.8, 4) is 11.5 Å². The largest absolute Gasteiger partial charge is 0.493 e. The summed E-state index contributed by atoms with van der Waals surface area (Å²) in [5, 5.41) is 0.989. The van der Waals surface area contributed by atoms with Gasteiger partial charge < -0.3 is 20.1 Å². The Morgan fingerprint density at radius 3 is 2.57 bits per heavy atom. The fourth-order valence-electron chi connectivity index (χ4n) is 3.89. The van der Waals surface area contributed by atoms with Crippen LogP contribution >= 0.6 is 0 Å². The Bertz CT molecular complexity index is 1140. The lowest BCUT2D eigenvalue weighted by molar-refractivity contribution is 0.353. The minimum atomic E-state index is 0.738. The topological polar surface area (TPSA) is 85.9 Å². The van der Waals surface area contributed by atoms with E-state index in [0.717, 1.165) is 58.9 Å². The molecule has 0 unspecified atom stereocenters. The van der Waals surface area contributed by atoms with Crippen molar-refractivity contribution in [1.82, 2.24) is 9.97 Å². The zero-order valence-corrected chi connectivity index (χ0v) is 17.4. The minimum Gasteiger partial charge on any atom is -0.493 e. The molecule has 0 saturated heterocycles. The molecule has 0 spiro atoms. The molecule has 2 N–H and O–H groups in total. The lowest BCUT2D eigenvalue weighted by atomic mass is 9.98. The predicted octanol–water partition coefficient (Wildman–Crippen LogP) is 3.21. The van der Waals surface area contributed by atoms with Gasteiger partial charge in [-0.05, 0) is 47.4 Å². The third kappa shape index (κ3) is 3.54. The van der Waals surface area contributed by atoms with Gasteiger partial charge in [-0.1, -0.05) is 6.07 Å². The molecular formula is C23H25N5O2. The molecule has 7 nitrogen and oxygen atoms in total. The number of hydrogen-bond donors (Lipinski definition) is 1. The van der Waals surface area contributed by atoms with Crippen LogP contribution in [0.2, 0.25) is 0 Å². The summed E-state index contributed by atoms with van der Waals surface area (Å²) in [7, 11) is 5.05. The van der Waals surface area contributed by atoms with Crippen molar-refractivity contribution in [2.45, 2.75) is 13.0 Å². The van der Waals surface area contributed by atoms with E-state index >= 15 is 0 Å². The summed E-state index contributed by atoms with van der Waals surface area (Å²) >= 11 is 0. The van der Waals surface area contributed by atoms with E-state index in [4.69, 9.17) is 15.2 Å². The van der Waals surface area contributed by atoms with E-state index in [0.29, 0.717) is 0 Å². The first kappa shape index (κ1) is 19.7. The van der Waals surface area contributed by atoms with Gasteiger partial charge in [0.15, 0.2) is 11.5 Å². The van der Waals surface area contributed by atoms with E-state index in [1.165, 1.54) is 11.1 Å². The molecule has 154 valence electrons. The Morgan fingerprint density at radius 1 is 1.10 bits per heavy atom. The number of methoxy groups -OCH3 is 2. The molecule has 0 bridgehead atoms. The third-order valence-corrected chi connectivity index (χ3v) is 5.41. The molecule has 0 saturated carbocycles. The van der Waals surface area contributed by atoms with Crippen molar-refractivity contribution >= 4 is 28.5 Å². The first-order chi connectivity index (χ1) is 14.7. The maximum Gasteiger partial charge on any atom is 0.161 e. The molecule has 0 fully saturated rings. The third-order valence-electron chi connectivity index (χ3n) is 5.41. The highest BCUT2D eigenvalue weighted by Crippen LogP contribution is 2.35. The molecule has 2 heterocycles. The molecule has 1 aromatic heterocycles. The highest BCUT2D eigenvalue weighted by Gasteiger charge is 2.22. The molecule has 1 aliphatic rings. The summed E-state index contributed by atoms with van der Waals surface area (Å²) in [6, 6.07) is 10.2. The summed E-state index contributed by atoms with van der Waals surface area (Å²) < 4.78 is 10.9. The lowest BCUT2D eigenvalue weighted by Crippen LogP contribution is -2.31. The number of hydrogen-bond acceptors (Lipinski definition) is 7. The monoisotopic (exact) mass is 403 g/mol. The number of nitrogens with two attached hydrogens (primary N) is 1. The van der Waals surface area contributed by atoms with Crippen LogP contribution in [0.15, 0.2) is 47.9 Å². The Hall–Kier alpha value is -3.61. The SMILES string of the molecule is CN=C/C(=C\N)c1ccc2ncnc(N3CCc4cc(OC)c(OC)cc4C3)c2c1. The zero-order chi connectivity index (χ0) is 21.1. The van der Waals surface area contributed by atoms with Gasteiger partial charge in [0, 0.05) is 43.5 Å². The van der Waals surface area contributed by atoms with Crippen LogP contribution in [0.1, 0.15) is 16.7 Å². The number of anilines is 1. The van der Waals surface area contributed by atoms with Crippen LogP contribution in [0.3, 0.4) is 0 Å². The van der Waals surface area contributed by atoms with Crippen LogP contribution in [-0.4, -0.2) is 44.0 Å². The number of allylic oxidation sites excluding steroid dienone is 1. The normalized spacial score (nSPS) is 14.2. The van der Waals surface area contributed by atoms with E-state index in [-0.39, 0.29) is 0 Å². The van der Waals surface area contributed by atoms with E-state index in [1.54, 1.807) is 40.0 Å². The molecule has 4 rings (SSSR count). The Balaban J connectivity index is 1.75. The second-order valence-electron chi connectivity index (χ2n) is 7.09. The number of aliphatic imine (C=N–C) groups is 1. The van der Waals surface area contributed by atoms with Gasteiger partial charge in [0.1, 0.15) is 12.1 Å². The Kier molecular flexibility index (Phi) is 5.52. The van der Waals surface area contributed by atoms with Gasteiger partial charge in [0.05, 0.1) is 19.7 Å². The molecule has 2 aromatic carbocycles. The number of fused-ring (bicyclic) bond motifs is 2. The van der Waals surface area contributed by atoms with Crippen LogP contribution in [-0.2, 0) is 13.0 Å². The van der Waals surface area contributed by atoms with Crippen molar-refractivity contribution in [1.29, 1.82) is 0 Å². The Morgan fingerprint density at radius 2 is 1.87 bits per heavy atom. The second-order valence-corrected chi connectivity index (χ2v) is 7.09. The standard InChI is InChI=1S/C23H25N5O2/c1-25-12-18(11-24)15-4-5-20-19(8-15)23(27-14-26-20)28-7-6-16-9-21(29-2)22(30-3)10-17(16)13-28/h4-5,8-12,14H,6-7,13,24H2,1-3H3/b18-11+,25-12?. The smallest absolute Gasteiger partial charge is 0.161 e. The van der Waals surface area contributed by atoms with Gasteiger partial charge in [-0.2, -0.15) is 0 Å². The van der Waals surface area contributed by atoms with Crippen molar-refractivity contribution < 1.29 is 9.47 Å². The van der Waals surface area contributed by atoms with Gasteiger partial charge >= 0.3 is 0 Å². The summed E-state index contributed by atoms with van der Waals surface area (Å²) in [5.74, 6) is 2.41. The lowest BCUT2D eigenvalue weighted by Gasteiger charge is -2.31. The number of rotatable bonds is 5. The van der Waals surface area contributed by atoms with Crippen molar-refractivity contribution in [3.05, 3.63) is 59.5 Å². The summed E-state index contributed by atoms with van der Waals surface area (Å²) in [4.78, 5) is 15.4. The number of aromatic nitrogens is 2. The van der Waals surface area contributed by atoms with E-state index < -0.39 is 0 Å². The van der Waals surface area contributed by atoms with Crippen LogP contribution in [0.4, 0.5) is 5.82 Å². The zero-order valence-electron chi connectivity index (χ0n) is 17.4. The van der Waals surface area contributed by atoms with Crippen LogP contribution in [0, 0.1) is 0 Å². The highest BCUT2D eigenvalue weighted by atomic mass is 16.5. The van der Waals surface area contributed by atoms with Crippen LogP contribution in [0.25, 0.3) is 16.5 Å². The summed E-state index contributed by atoms with van der Waals surface area (Å²) in [6.45, 7) is 1.59. The number of benzene rings is 2. The average molecular weight is 403 g/mol. The van der Waals surface area contributed by atoms with Gasteiger partial charge in [-0.3, -0.25) is 4.99 Å². The summed E-state index contributed by atoms with van der Waals surface area (Å²) in [6.07, 6.45) is 5.84. The highest BCUT2D eigenvalue weighted by molar-refractivity contribution is 6.11. The molecule has 3 aromatic rings. The molecule has 0 aliphatic carbocycles. The molecule has 1 aliphatic heterocycles. The van der Waals surface area contributed by atoms with Crippen LogP contribution in [0.5, 0.6) is 11.5 Å². The first-order valence-corrected chi connectivity index (χ1v) is 9.76. The average Bonchev–Trinajstić information content (AvgIpc) is 2.80. The molecular weight excluding hydrogens is 378 g/mol. The van der Waals surface area contributed by atoms with E-state index in [1.807, 2.05) is 12.1 Å². The maximum absolute atomic E-state index is 5.80. The van der Waals surface area contributed by atoms with Gasteiger partial charge in [0.2, 0.25) is 0 Å². The first-order valence-electron chi connectivity index (χ1n) is 9.76. The van der Waals surface area contributed by atoms with Gasteiger partial charge in [-0.25, -0.2) is 9.97 Å². The van der Waals surface area contributed by atoms with Crippen molar-refractivity contribution in [2.24, 2.45) is 10.7 Å². The number of ether oxygens (including phenoxy) is 2. The molecule has 7 heteroatoms. The van der Waals surface area contributed by atoms with Crippen molar-refractivity contribution in [3.63, 3.8) is 0 Å². The molecule has 0 amide bonds. The molecule has 0 radical (unpaired) electrons. The Labute approximate surface area is 175 Å². The van der Waals surface area contributed by atoms with Gasteiger partial charge in [-0.15, -0.1) is 0 Å². The fourth-order valence-corrected chi connectivity index (χ4v) is 3.89. The fraction of sp³-hybridized carbons (Fsp3) is 0.261. The van der Waals surface area contributed by atoms with E-state index in [2.05, 4.69) is 38.1 Å². The van der Waals surface area contributed by atoms with Gasteiger partial charge in [0.25, 0.3) is 0 Å². The molecule has 0 atom stereocenters. The van der Waals surface area contributed by atoms with Crippen LogP contribution < -0.4 is 20.1 Å². The minimum absolute atomic E-state index is 0.738. The van der Waals surface area contributed by atoms with Crippen molar-refractivity contribution in [2.75, 3.05) is 32.7 Å².